The van der Waals surface area contributed by atoms with E-state index >= 15 is 0 Å². The summed E-state index contributed by atoms with van der Waals surface area (Å²) in [6.07, 6.45) is 2.21. The SMILES string of the molecule is CN=C(NCC(OC)c1cccc(Cl)c1)NC1CCN(C(C)C)CC1. The Morgan fingerprint density at radius 1 is 1.36 bits per heavy atom. The lowest BCUT2D eigenvalue weighted by Crippen LogP contribution is -2.50. The van der Waals surface area contributed by atoms with Gasteiger partial charge in [0.1, 0.15) is 0 Å². The number of halogens is 1. The van der Waals surface area contributed by atoms with E-state index in [0.29, 0.717) is 18.6 Å². The molecule has 1 aromatic carbocycles. The Bertz CT molecular complexity index is 556. The predicted octanol–water partition coefficient (Wildman–Crippen LogP) is 3.07. The Hall–Kier alpha value is -1.30. The number of likely N-dealkylation sites (tertiary alicyclic amines) is 1. The molecule has 1 atom stereocenters. The van der Waals surface area contributed by atoms with Crippen molar-refractivity contribution in [2.45, 2.75) is 44.9 Å². The van der Waals surface area contributed by atoms with Crippen molar-refractivity contribution in [2.24, 2.45) is 4.99 Å². The van der Waals surface area contributed by atoms with Gasteiger partial charge in [-0.15, -0.1) is 0 Å². The average Bonchev–Trinajstić information content (AvgIpc) is 2.61. The molecule has 0 radical (unpaired) electrons. The van der Waals surface area contributed by atoms with Crippen LogP contribution in [0.2, 0.25) is 5.02 Å². The van der Waals surface area contributed by atoms with Crippen LogP contribution in [0.1, 0.15) is 38.4 Å². The van der Waals surface area contributed by atoms with Gasteiger partial charge in [0.2, 0.25) is 0 Å². The third-order valence-electron chi connectivity index (χ3n) is 4.78. The lowest BCUT2D eigenvalue weighted by atomic mass is 10.0. The minimum atomic E-state index is -0.0694. The van der Waals surface area contributed by atoms with E-state index in [-0.39, 0.29) is 6.10 Å². The van der Waals surface area contributed by atoms with Gasteiger partial charge in [-0.05, 0) is 44.4 Å². The molecule has 2 N–H and O–H groups in total. The molecule has 0 spiro atoms. The van der Waals surface area contributed by atoms with Crippen LogP contribution in [0.5, 0.6) is 0 Å². The number of methoxy groups -OCH3 is 1. The van der Waals surface area contributed by atoms with E-state index in [2.05, 4.69) is 34.4 Å². The Morgan fingerprint density at radius 2 is 2.08 bits per heavy atom. The zero-order valence-corrected chi connectivity index (χ0v) is 16.5. The molecule has 1 aromatic rings. The van der Waals surface area contributed by atoms with E-state index in [4.69, 9.17) is 16.3 Å². The molecule has 0 bridgehead atoms. The summed E-state index contributed by atoms with van der Waals surface area (Å²) < 4.78 is 5.61. The summed E-state index contributed by atoms with van der Waals surface area (Å²) >= 11 is 6.08. The van der Waals surface area contributed by atoms with Crippen molar-refractivity contribution in [1.29, 1.82) is 0 Å². The van der Waals surface area contributed by atoms with Gasteiger partial charge in [-0.3, -0.25) is 4.99 Å². The van der Waals surface area contributed by atoms with Gasteiger partial charge in [-0.25, -0.2) is 0 Å². The quantitative estimate of drug-likeness (QED) is 0.600. The van der Waals surface area contributed by atoms with Crippen molar-refractivity contribution in [3.8, 4) is 0 Å². The van der Waals surface area contributed by atoms with E-state index < -0.39 is 0 Å². The molecule has 0 aliphatic carbocycles. The highest BCUT2D eigenvalue weighted by Crippen LogP contribution is 2.19. The minimum Gasteiger partial charge on any atom is -0.375 e. The van der Waals surface area contributed by atoms with Crippen LogP contribution >= 0.6 is 11.6 Å². The van der Waals surface area contributed by atoms with Crippen LogP contribution in [-0.4, -0.2) is 56.7 Å². The topological polar surface area (TPSA) is 48.9 Å². The number of benzene rings is 1. The minimum absolute atomic E-state index is 0.0694. The third-order valence-corrected chi connectivity index (χ3v) is 5.02. The van der Waals surface area contributed by atoms with Gasteiger partial charge in [0.15, 0.2) is 5.96 Å². The molecule has 140 valence electrons. The molecular weight excluding hydrogens is 336 g/mol. The van der Waals surface area contributed by atoms with Crippen LogP contribution in [0.25, 0.3) is 0 Å². The van der Waals surface area contributed by atoms with Gasteiger partial charge < -0.3 is 20.3 Å². The van der Waals surface area contributed by atoms with Crippen LogP contribution < -0.4 is 10.6 Å². The lowest BCUT2D eigenvalue weighted by molar-refractivity contribution is 0.106. The van der Waals surface area contributed by atoms with Crippen LogP contribution in [0, 0.1) is 0 Å². The third kappa shape index (κ3) is 6.17. The molecule has 1 saturated heterocycles. The first-order valence-corrected chi connectivity index (χ1v) is 9.40. The van der Waals surface area contributed by atoms with Crippen molar-refractivity contribution in [3.05, 3.63) is 34.9 Å². The second-order valence-electron chi connectivity index (χ2n) is 6.78. The number of hydrogen-bond donors (Lipinski definition) is 2. The molecule has 0 amide bonds. The van der Waals surface area contributed by atoms with Crippen LogP contribution in [-0.2, 0) is 4.74 Å². The maximum atomic E-state index is 6.08. The number of guanidine groups is 1. The molecular formula is C19H31ClN4O. The zero-order chi connectivity index (χ0) is 18.2. The summed E-state index contributed by atoms with van der Waals surface area (Å²) in [6.45, 7) is 7.43. The van der Waals surface area contributed by atoms with E-state index in [1.54, 1.807) is 14.2 Å². The molecule has 6 heteroatoms. The second-order valence-corrected chi connectivity index (χ2v) is 7.22. The highest BCUT2D eigenvalue weighted by molar-refractivity contribution is 6.30. The van der Waals surface area contributed by atoms with Crippen molar-refractivity contribution in [1.82, 2.24) is 15.5 Å². The number of ether oxygens (including phenoxy) is 1. The highest BCUT2D eigenvalue weighted by Gasteiger charge is 2.21. The molecule has 25 heavy (non-hydrogen) atoms. The predicted molar refractivity (Wildman–Crippen MR) is 105 cm³/mol. The number of hydrogen-bond acceptors (Lipinski definition) is 3. The molecule has 0 saturated carbocycles. The molecule has 1 fully saturated rings. The van der Waals surface area contributed by atoms with Crippen LogP contribution in [0.3, 0.4) is 0 Å². The molecule has 1 unspecified atom stereocenters. The van der Waals surface area contributed by atoms with E-state index in [1.165, 1.54) is 0 Å². The Morgan fingerprint density at radius 3 is 2.64 bits per heavy atom. The summed E-state index contributed by atoms with van der Waals surface area (Å²) in [7, 11) is 3.52. The van der Waals surface area contributed by atoms with E-state index in [1.807, 2.05) is 24.3 Å². The van der Waals surface area contributed by atoms with Gasteiger partial charge in [0.05, 0.1) is 6.10 Å². The fourth-order valence-corrected chi connectivity index (χ4v) is 3.38. The molecule has 2 rings (SSSR count). The fourth-order valence-electron chi connectivity index (χ4n) is 3.18. The summed E-state index contributed by atoms with van der Waals surface area (Å²) in [5.74, 6) is 0.826. The Balaban J connectivity index is 1.83. The summed E-state index contributed by atoms with van der Waals surface area (Å²) in [5.41, 5.74) is 1.06. The molecule has 5 nitrogen and oxygen atoms in total. The normalized spacial score (nSPS) is 18.4. The lowest BCUT2D eigenvalue weighted by Gasteiger charge is -2.35. The number of nitrogens with zero attached hydrogens (tertiary/aromatic N) is 2. The van der Waals surface area contributed by atoms with Crippen LogP contribution in [0.4, 0.5) is 0 Å². The van der Waals surface area contributed by atoms with Crippen molar-refractivity contribution >= 4 is 17.6 Å². The first-order valence-electron chi connectivity index (χ1n) is 9.03. The zero-order valence-electron chi connectivity index (χ0n) is 15.8. The largest absolute Gasteiger partial charge is 0.375 e. The van der Waals surface area contributed by atoms with Gasteiger partial charge in [0, 0.05) is 50.9 Å². The first-order chi connectivity index (χ1) is 12.0. The number of nitrogens with one attached hydrogen (secondary N) is 2. The molecule has 1 heterocycles. The maximum absolute atomic E-state index is 6.08. The smallest absolute Gasteiger partial charge is 0.191 e. The Kier molecular flexibility index (Phi) is 8.00. The van der Waals surface area contributed by atoms with Gasteiger partial charge >= 0.3 is 0 Å². The maximum Gasteiger partial charge on any atom is 0.191 e. The Labute approximate surface area is 156 Å². The van der Waals surface area contributed by atoms with Gasteiger partial charge in [-0.2, -0.15) is 0 Å². The average molecular weight is 367 g/mol. The second kappa shape index (κ2) is 10.00. The number of aliphatic imine (C=N–C) groups is 1. The van der Waals surface area contributed by atoms with Gasteiger partial charge in [-0.1, -0.05) is 23.7 Å². The summed E-state index contributed by atoms with van der Waals surface area (Å²) in [6, 6.07) is 8.87. The van der Waals surface area contributed by atoms with Crippen molar-refractivity contribution < 1.29 is 4.74 Å². The summed E-state index contributed by atoms with van der Waals surface area (Å²) in [5, 5.41) is 7.64. The van der Waals surface area contributed by atoms with Crippen LogP contribution in [0.15, 0.2) is 29.3 Å². The number of rotatable bonds is 6. The van der Waals surface area contributed by atoms with Crippen molar-refractivity contribution in [3.63, 3.8) is 0 Å². The standard InChI is InChI=1S/C19H31ClN4O/c1-14(2)24-10-8-17(9-11-24)23-19(21-3)22-13-18(25-4)15-6-5-7-16(20)12-15/h5-7,12,14,17-18H,8-11,13H2,1-4H3,(H2,21,22,23). The van der Waals surface area contributed by atoms with Gasteiger partial charge in [0.25, 0.3) is 0 Å². The van der Waals surface area contributed by atoms with E-state index in [0.717, 1.165) is 42.5 Å². The first kappa shape index (κ1) is 20.0. The monoisotopic (exact) mass is 366 g/mol. The molecule has 1 aliphatic heterocycles. The summed E-state index contributed by atoms with van der Waals surface area (Å²) in [4.78, 5) is 6.88. The number of piperidine rings is 1. The fraction of sp³-hybridized carbons (Fsp3) is 0.632. The van der Waals surface area contributed by atoms with Crippen molar-refractivity contribution in [2.75, 3.05) is 33.8 Å². The molecule has 0 aromatic heterocycles. The molecule has 1 aliphatic rings. The van der Waals surface area contributed by atoms with E-state index in [9.17, 15) is 0 Å². The highest BCUT2D eigenvalue weighted by atomic mass is 35.5.